The number of hydrogen-bond donors (Lipinski definition) is 2. The second-order valence-electron chi connectivity index (χ2n) is 6.41. The Hall–Kier alpha value is -3.74. The smallest absolute Gasteiger partial charge is 0.254 e. The number of amides is 1. The highest BCUT2D eigenvalue weighted by atomic mass is 16.5. The summed E-state index contributed by atoms with van der Waals surface area (Å²) in [6.45, 7) is 2.03. The Balaban J connectivity index is 1.50. The molecule has 0 aliphatic carbocycles. The minimum atomic E-state index is -0.226. The lowest BCUT2D eigenvalue weighted by molar-refractivity contribution is 0.0952. The number of carbonyl (C=O) groups is 2. The molecular weight excluding hydrogens is 368 g/mol. The van der Waals surface area contributed by atoms with Gasteiger partial charge in [-0.2, -0.15) is 0 Å². The van der Waals surface area contributed by atoms with Gasteiger partial charge in [0.15, 0.2) is 5.78 Å². The molecule has 148 valence electrons. The Morgan fingerprint density at radius 3 is 2.17 bits per heavy atom. The Morgan fingerprint density at radius 2 is 1.59 bits per heavy atom. The van der Waals surface area contributed by atoms with E-state index in [0.717, 1.165) is 17.0 Å². The monoisotopic (exact) mass is 390 g/mol. The summed E-state index contributed by atoms with van der Waals surface area (Å²) in [6.07, 6.45) is 3.66. The average molecular weight is 390 g/mol. The van der Waals surface area contributed by atoms with Crippen LogP contribution >= 0.6 is 0 Å². The van der Waals surface area contributed by atoms with Crippen molar-refractivity contribution in [3.8, 4) is 5.75 Å². The van der Waals surface area contributed by atoms with Crippen molar-refractivity contribution < 1.29 is 14.3 Å². The summed E-state index contributed by atoms with van der Waals surface area (Å²) in [4.78, 5) is 31.9. The van der Waals surface area contributed by atoms with E-state index in [1.165, 1.54) is 19.3 Å². The molecule has 7 nitrogen and oxygen atoms in total. The highest BCUT2D eigenvalue weighted by molar-refractivity contribution is 5.94. The van der Waals surface area contributed by atoms with Crippen LogP contribution in [0.2, 0.25) is 0 Å². The fourth-order valence-corrected chi connectivity index (χ4v) is 2.64. The molecule has 0 radical (unpaired) electrons. The van der Waals surface area contributed by atoms with Gasteiger partial charge < -0.3 is 15.4 Å². The van der Waals surface area contributed by atoms with E-state index < -0.39 is 0 Å². The van der Waals surface area contributed by atoms with Crippen LogP contribution in [0.3, 0.4) is 0 Å². The van der Waals surface area contributed by atoms with Crippen molar-refractivity contribution >= 4 is 23.3 Å². The number of ether oxygens (including phenoxy) is 1. The van der Waals surface area contributed by atoms with E-state index in [1.54, 1.807) is 31.4 Å². The fourth-order valence-electron chi connectivity index (χ4n) is 2.64. The zero-order valence-electron chi connectivity index (χ0n) is 16.3. The molecule has 0 saturated carbocycles. The van der Waals surface area contributed by atoms with Crippen LogP contribution in [0.25, 0.3) is 0 Å². The summed E-state index contributed by atoms with van der Waals surface area (Å²) in [5, 5.41) is 5.89. The van der Waals surface area contributed by atoms with Crippen molar-refractivity contribution in [2.45, 2.75) is 13.3 Å². The maximum absolute atomic E-state index is 12.2. The molecule has 0 fully saturated rings. The quantitative estimate of drug-likeness (QED) is 0.573. The largest absolute Gasteiger partial charge is 0.497 e. The lowest BCUT2D eigenvalue weighted by Gasteiger charge is -2.08. The molecule has 0 saturated heterocycles. The Morgan fingerprint density at radius 1 is 0.931 bits per heavy atom. The van der Waals surface area contributed by atoms with E-state index in [-0.39, 0.29) is 11.7 Å². The first kappa shape index (κ1) is 20.0. The fraction of sp³-hybridized carbons (Fsp3) is 0.182. The topological polar surface area (TPSA) is 93.2 Å². The van der Waals surface area contributed by atoms with Crippen molar-refractivity contribution in [3.63, 3.8) is 0 Å². The molecular formula is C22H22N4O3. The first-order chi connectivity index (χ1) is 14.0. The van der Waals surface area contributed by atoms with Crippen LogP contribution in [0.1, 0.15) is 33.2 Å². The number of anilines is 2. The van der Waals surface area contributed by atoms with Gasteiger partial charge in [0.05, 0.1) is 12.7 Å². The second kappa shape index (κ2) is 9.45. The molecule has 1 amide bonds. The van der Waals surface area contributed by atoms with E-state index in [2.05, 4.69) is 20.6 Å². The number of hydrogen-bond acceptors (Lipinski definition) is 6. The third-order valence-electron chi connectivity index (χ3n) is 4.32. The summed E-state index contributed by atoms with van der Waals surface area (Å²) >= 11 is 0. The Kier molecular flexibility index (Phi) is 6.52. The van der Waals surface area contributed by atoms with Gasteiger partial charge in [-0.1, -0.05) is 12.1 Å². The minimum Gasteiger partial charge on any atom is -0.497 e. The predicted molar refractivity (Wildman–Crippen MR) is 111 cm³/mol. The molecule has 1 aromatic heterocycles. The number of nitrogens with one attached hydrogen (secondary N) is 2. The van der Waals surface area contributed by atoms with Crippen molar-refractivity contribution in [2.24, 2.45) is 0 Å². The SMILES string of the molecule is COc1ccc(CCNC(=O)c2cnc(Nc3ccc(C(C)=O)cc3)nc2)cc1. The molecule has 3 aromatic rings. The van der Waals surface area contributed by atoms with Gasteiger partial charge in [0.1, 0.15) is 5.75 Å². The number of ketones is 1. The number of Topliss-reactive ketones (excluding diaryl/α,β-unsaturated/α-hetero) is 1. The zero-order chi connectivity index (χ0) is 20.6. The van der Waals surface area contributed by atoms with Gasteiger partial charge in [0.25, 0.3) is 5.91 Å². The summed E-state index contributed by atoms with van der Waals surface area (Å²) < 4.78 is 5.13. The van der Waals surface area contributed by atoms with Gasteiger partial charge in [-0.25, -0.2) is 9.97 Å². The summed E-state index contributed by atoms with van der Waals surface area (Å²) in [5.74, 6) is 0.958. The Labute approximate surface area is 169 Å². The van der Waals surface area contributed by atoms with Crippen LogP contribution in [-0.2, 0) is 6.42 Å². The van der Waals surface area contributed by atoms with Crippen LogP contribution in [0.15, 0.2) is 60.9 Å². The number of nitrogens with zero attached hydrogens (tertiary/aromatic N) is 2. The van der Waals surface area contributed by atoms with Gasteiger partial charge in [0.2, 0.25) is 5.95 Å². The first-order valence-electron chi connectivity index (χ1n) is 9.16. The van der Waals surface area contributed by atoms with Gasteiger partial charge in [-0.3, -0.25) is 9.59 Å². The highest BCUT2D eigenvalue weighted by Crippen LogP contribution is 2.14. The first-order valence-corrected chi connectivity index (χ1v) is 9.16. The molecule has 1 heterocycles. The Bertz CT molecular complexity index is 968. The molecule has 2 aromatic carbocycles. The standard InChI is InChI=1S/C22H22N4O3/c1-15(27)17-5-7-19(8-6-17)26-22-24-13-18(14-25-22)21(28)23-12-11-16-3-9-20(29-2)10-4-16/h3-10,13-14H,11-12H2,1-2H3,(H,23,28)(H,24,25,26). The molecule has 0 aliphatic heterocycles. The van der Waals surface area contributed by atoms with Gasteiger partial charge in [-0.15, -0.1) is 0 Å². The van der Waals surface area contributed by atoms with E-state index >= 15 is 0 Å². The second-order valence-corrected chi connectivity index (χ2v) is 6.41. The molecule has 0 spiro atoms. The van der Waals surface area contributed by atoms with Crippen molar-refractivity contribution in [2.75, 3.05) is 19.0 Å². The number of rotatable bonds is 8. The van der Waals surface area contributed by atoms with Crippen LogP contribution in [-0.4, -0.2) is 35.3 Å². The summed E-state index contributed by atoms with van der Waals surface area (Å²) in [7, 11) is 1.63. The number of methoxy groups -OCH3 is 1. The van der Waals surface area contributed by atoms with E-state index in [9.17, 15) is 9.59 Å². The molecule has 29 heavy (non-hydrogen) atoms. The summed E-state index contributed by atoms with van der Waals surface area (Å²) in [6, 6.07) is 14.7. The number of carbonyl (C=O) groups excluding carboxylic acids is 2. The van der Waals surface area contributed by atoms with Crippen LogP contribution in [0.4, 0.5) is 11.6 Å². The minimum absolute atomic E-state index is 0.00940. The molecule has 3 rings (SSSR count). The third kappa shape index (κ3) is 5.62. The van der Waals surface area contributed by atoms with E-state index in [1.807, 2.05) is 24.3 Å². The van der Waals surface area contributed by atoms with Crippen LogP contribution in [0.5, 0.6) is 5.75 Å². The highest BCUT2D eigenvalue weighted by Gasteiger charge is 2.07. The van der Waals surface area contributed by atoms with Crippen LogP contribution < -0.4 is 15.4 Å². The van der Waals surface area contributed by atoms with E-state index in [4.69, 9.17) is 4.74 Å². The van der Waals surface area contributed by atoms with E-state index in [0.29, 0.717) is 30.0 Å². The summed E-state index contributed by atoms with van der Waals surface area (Å²) in [5.41, 5.74) is 2.89. The molecule has 0 aliphatic rings. The lowest BCUT2D eigenvalue weighted by Crippen LogP contribution is -2.26. The molecule has 7 heteroatoms. The molecule has 0 unspecified atom stereocenters. The van der Waals surface area contributed by atoms with Gasteiger partial charge >= 0.3 is 0 Å². The predicted octanol–water partition coefficient (Wildman–Crippen LogP) is 3.40. The third-order valence-corrected chi connectivity index (χ3v) is 4.32. The molecule has 0 bridgehead atoms. The lowest BCUT2D eigenvalue weighted by atomic mass is 10.1. The maximum Gasteiger partial charge on any atom is 0.254 e. The molecule has 0 atom stereocenters. The van der Waals surface area contributed by atoms with Crippen LogP contribution in [0, 0.1) is 0 Å². The van der Waals surface area contributed by atoms with Crippen molar-refractivity contribution in [1.82, 2.24) is 15.3 Å². The maximum atomic E-state index is 12.2. The van der Waals surface area contributed by atoms with Gasteiger partial charge in [0, 0.05) is 30.2 Å². The number of benzene rings is 2. The van der Waals surface area contributed by atoms with Gasteiger partial charge in [-0.05, 0) is 55.3 Å². The molecule has 2 N–H and O–H groups in total. The normalized spacial score (nSPS) is 10.3. The van der Waals surface area contributed by atoms with Crippen molar-refractivity contribution in [3.05, 3.63) is 77.6 Å². The zero-order valence-corrected chi connectivity index (χ0v) is 16.3. The average Bonchev–Trinajstić information content (AvgIpc) is 2.75. The number of aromatic nitrogens is 2. The van der Waals surface area contributed by atoms with Crippen molar-refractivity contribution in [1.29, 1.82) is 0 Å².